The molecule has 22 heavy (non-hydrogen) atoms. The zero-order valence-electron chi connectivity index (χ0n) is 13.2. The molecular formula is C18H24N2O2. The Balaban J connectivity index is 1.84. The van der Waals surface area contributed by atoms with E-state index < -0.39 is 6.04 Å². The standard InChI is InChI=1S/C18H24N2O2/c1-13-7-9-14(10-8-13)16-17(21)19-11-12-20(16)18(22)15-5-3-2-4-6-15/h7-10,15-16H,2-6,11-12H2,1H3,(H,19,21). The van der Waals surface area contributed by atoms with Gasteiger partial charge in [-0.15, -0.1) is 0 Å². The van der Waals surface area contributed by atoms with Crippen LogP contribution in [0.1, 0.15) is 49.3 Å². The number of hydrogen-bond acceptors (Lipinski definition) is 2. The summed E-state index contributed by atoms with van der Waals surface area (Å²) < 4.78 is 0. The Hall–Kier alpha value is -1.84. The molecule has 3 rings (SSSR count). The lowest BCUT2D eigenvalue weighted by atomic mass is 9.87. The Bertz CT molecular complexity index is 547. The quantitative estimate of drug-likeness (QED) is 0.912. The van der Waals surface area contributed by atoms with E-state index in [9.17, 15) is 9.59 Å². The average molecular weight is 300 g/mol. The van der Waals surface area contributed by atoms with Crippen LogP contribution in [0.25, 0.3) is 0 Å². The van der Waals surface area contributed by atoms with E-state index in [2.05, 4.69) is 5.32 Å². The van der Waals surface area contributed by atoms with Gasteiger partial charge in [-0.3, -0.25) is 9.59 Å². The van der Waals surface area contributed by atoms with Crippen molar-refractivity contribution >= 4 is 11.8 Å². The SMILES string of the molecule is Cc1ccc(C2C(=O)NCCN2C(=O)C2CCCCC2)cc1. The van der Waals surface area contributed by atoms with Gasteiger partial charge in [0.05, 0.1) is 0 Å². The van der Waals surface area contributed by atoms with E-state index in [4.69, 9.17) is 0 Å². The van der Waals surface area contributed by atoms with Gasteiger partial charge in [0.2, 0.25) is 11.8 Å². The number of carbonyl (C=O) groups excluding carboxylic acids is 2. The highest BCUT2D eigenvalue weighted by Gasteiger charge is 2.37. The van der Waals surface area contributed by atoms with E-state index in [1.54, 1.807) is 4.90 Å². The summed E-state index contributed by atoms with van der Waals surface area (Å²) in [6.07, 6.45) is 5.43. The van der Waals surface area contributed by atoms with Gasteiger partial charge in [-0.1, -0.05) is 49.1 Å². The van der Waals surface area contributed by atoms with Gasteiger partial charge in [-0.25, -0.2) is 0 Å². The van der Waals surface area contributed by atoms with Crippen LogP contribution < -0.4 is 5.32 Å². The molecule has 4 heteroatoms. The molecule has 0 spiro atoms. The van der Waals surface area contributed by atoms with E-state index in [0.29, 0.717) is 13.1 Å². The Morgan fingerprint density at radius 3 is 2.50 bits per heavy atom. The number of piperazine rings is 1. The van der Waals surface area contributed by atoms with Gasteiger partial charge in [0.15, 0.2) is 0 Å². The second-order valence-electron chi connectivity index (χ2n) is 6.47. The Morgan fingerprint density at radius 1 is 1.14 bits per heavy atom. The van der Waals surface area contributed by atoms with Crippen molar-refractivity contribution in [2.45, 2.75) is 45.1 Å². The maximum Gasteiger partial charge on any atom is 0.247 e. The van der Waals surface area contributed by atoms with Crippen LogP contribution in [0, 0.1) is 12.8 Å². The van der Waals surface area contributed by atoms with Crippen molar-refractivity contribution in [2.24, 2.45) is 5.92 Å². The largest absolute Gasteiger partial charge is 0.352 e. The fourth-order valence-corrected chi connectivity index (χ4v) is 3.57. The van der Waals surface area contributed by atoms with Crippen molar-refractivity contribution in [2.75, 3.05) is 13.1 Å². The molecule has 1 aliphatic carbocycles. The molecular weight excluding hydrogens is 276 g/mol. The zero-order valence-corrected chi connectivity index (χ0v) is 13.2. The topological polar surface area (TPSA) is 49.4 Å². The number of aryl methyl sites for hydroxylation is 1. The summed E-state index contributed by atoms with van der Waals surface area (Å²) in [6.45, 7) is 3.19. The molecule has 1 N–H and O–H groups in total. The normalized spacial score (nSPS) is 23.2. The summed E-state index contributed by atoms with van der Waals surface area (Å²) in [5.74, 6) is 0.215. The number of benzene rings is 1. The first kappa shape index (κ1) is 15.1. The highest BCUT2D eigenvalue weighted by molar-refractivity contribution is 5.90. The number of amides is 2. The molecule has 0 bridgehead atoms. The Kier molecular flexibility index (Phi) is 4.46. The molecule has 0 aromatic heterocycles. The first-order chi connectivity index (χ1) is 10.7. The summed E-state index contributed by atoms with van der Waals surface area (Å²) in [5, 5.41) is 2.90. The third-order valence-electron chi connectivity index (χ3n) is 4.84. The van der Waals surface area contributed by atoms with Crippen molar-refractivity contribution in [3.05, 3.63) is 35.4 Å². The molecule has 1 unspecified atom stereocenters. The van der Waals surface area contributed by atoms with E-state index >= 15 is 0 Å². The maximum atomic E-state index is 12.9. The van der Waals surface area contributed by atoms with Crippen LogP contribution in [0.15, 0.2) is 24.3 Å². The smallest absolute Gasteiger partial charge is 0.247 e. The number of rotatable bonds is 2. The van der Waals surface area contributed by atoms with E-state index in [0.717, 1.165) is 36.8 Å². The van der Waals surface area contributed by atoms with Crippen LogP contribution >= 0.6 is 0 Å². The van der Waals surface area contributed by atoms with Crippen molar-refractivity contribution in [3.63, 3.8) is 0 Å². The molecule has 1 aromatic rings. The number of carbonyl (C=O) groups is 2. The van der Waals surface area contributed by atoms with Crippen molar-refractivity contribution in [1.82, 2.24) is 10.2 Å². The van der Waals surface area contributed by atoms with Gasteiger partial charge in [0, 0.05) is 19.0 Å². The predicted octanol–water partition coefficient (Wildman–Crippen LogP) is 2.57. The average Bonchev–Trinajstić information content (AvgIpc) is 2.56. The summed E-state index contributed by atoms with van der Waals surface area (Å²) in [7, 11) is 0. The van der Waals surface area contributed by atoms with E-state index in [1.165, 1.54) is 6.42 Å². The summed E-state index contributed by atoms with van der Waals surface area (Å²) in [4.78, 5) is 27.1. The zero-order chi connectivity index (χ0) is 15.5. The third kappa shape index (κ3) is 3.01. The van der Waals surface area contributed by atoms with Crippen LogP contribution in [-0.2, 0) is 9.59 Å². The second kappa shape index (κ2) is 6.51. The van der Waals surface area contributed by atoms with Gasteiger partial charge in [0.25, 0.3) is 0 Å². The summed E-state index contributed by atoms with van der Waals surface area (Å²) in [5.41, 5.74) is 2.07. The van der Waals surface area contributed by atoms with Crippen LogP contribution in [0.4, 0.5) is 0 Å². The van der Waals surface area contributed by atoms with E-state index in [1.807, 2.05) is 31.2 Å². The summed E-state index contributed by atoms with van der Waals surface area (Å²) in [6, 6.07) is 7.46. The Morgan fingerprint density at radius 2 is 1.82 bits per heavy atom. The third-order valence-corrected chi connectivity index (χ3v) is 4.84. The molecule has 1 heterocycles. The minimum Gasteiger partial charge on any atom is -0.352 e. The van der Waals surface area contributed by atoms with Gasteiger partial charge < -0.3 is 10.2 Å². The van der Waals surface area contributed by atoms with E-state index in [-0.39, 0.29) is 17.7 Å². The molecule has 1 saturated carbocycles. The lowest BCUT2D eigenvalue weighted by Crippen LogP contribution is -2.53. The lowest BCUT2D eigenvalue weighted by molar-refractivity contribution is -0.147. The molecule has 1 saturated heterocycles. The lowest BCUT2D eigenvalue weighted by Gasteiger charge is -2.38. The number of hydrogen-bond donors (Lipinski definition) is 1. The minimum atomic E-state index is -0.469. The monoisotopic (exact) mass is 300 g/mol. The molecule has 2 aliphatic rings. The first-order valence-electron chi connectivity index (χ1n) is 8.31. The van der Waals surface area contributed by atoms with Crippen LogP contribution in [0.2, 0.25) is 0 Å². The molecule has 2 amide bonds. The molecule has 4 nitrogen and oxygen atoms in total. The highest BCUT2D eigenvalue weighted by atomic mass is 16.2. The fraction of sp³-hybridized carbons (Fsp3) is 0.556. The van der Waals surface area contributed by atoms with Crippen LogP contribution in [0.3, 0.4) is 0 Å². The van der Waals surface area contributed by atoms with Crippen LogP contribution in [0.5, 0.6) is 0 Å². The van der Waals surface area contributed by atoms with Crippen molar-refractivity contribution in [1.29, 1.82) is 0 Å². The molecule has 1 aromatic carbocycles. The van der Waals surface area contributed by atoms with Crippen molar-refractivity contribution < 1.29 is 9.59 Å². The molecule has 118 valence electrons. The number of nitrogens with zero attached hydrogens (tertiary/aromatic N) is 1. The fourth-order valence-electron chi connectivity index (χ4n) is 3.57. The van der Waals surface area contributed by atoms with Gasteiger partial charge in [-0.2, -0.15) is 0 Å². The summed E-state index contributed by atoms with van der Waals surface area (Å²) >= 11 is 0. The highest BCUT2D eigenvalue weighted by Crippen LogP contribution is 2.30. The van der Waals surface area contributed by atoms with Gasteiger partial charge >= 0.3 is 0 Å². The Labute approximate surface area is 131 Å². The first-order valence-corrected chi connectivity index (χ1v) is 8.31. The second-order valence-corrected chi connectivity index (χ2v) is 6.47. The number of nitrogens with one attached hydrogen (secondary N) is 1. The minimum absolute atomic E-state index is 0.0562. The van der Waals surface area contributed by atoms with Gasteiger partial charge in [0.1, 0.15) is 6.04 Å². The predicted molar refractivity (Wildman–Crippen MR) is 85.2 cm³/mol. The molecule has 1 aliphatic heterocycles. The maximum absolute atomic E-state index is 12.9. The van der Waals surface area contributed by atoms with Crippen LogP contribution in [-0.4, -0.2) is 29.8 Å². The molecule has 1 atom stereocenters. The van der Waals surface area contributed by atoms with Gasteiger partial charge in [-0.05, 0) is 25.3 Å². The molecule has 2 fully saturated rings. The van der Waals surface area contributed by atoms with Crippen molar-refractivity contribution in [3.8, 4) is 0 Å². The molecule has 0 radical (unpaired) electrons.